The second-order valence-corrected chi connectivity index (χ2v) is 3.86. The van der Waals surface area contributed by atoms with E-state index in [-0.39, 0.29) is 5.82 Å². The summed E-state index contributed by atoms with van der Waals surface area (Å²) in [4.78, 5) is 0. The first-order valence-electron chi connectivity index (χ1n) is 5.59. The van der Waals surface area contributed by atoms with Crippen molar-refractivity contribution in [3.05, 3.63) is 59.9 Å². The van der Waals surface area contributed by atoms with Crippen LogP contribution in [0, 0.1) is 5.82 Å². The van der Waals surface area contributed by atoms with E-state index in [9.17, 15) is 4.39 Å². The molecule has 0 amide bonds. The highest BCUT2D eigenvalue weighted by Crippen LogP contribution is 2.16. The third-order valence-corrected chi connectivity index (χ3v) is 2.63. The largest absolute Gasteiger partial charge is 0.397 e. The molecule has 3 N–H and O–H groups in total. The molecule has 0 heterocycles. The zero-order valence-corrected chi connectivity index (χ0v) is 9.49. The molecule has 88 valence electrons. The van der Waals surface area contributed by atoms with E-state index in [1.807, 2.05) is 30.3 Å². The fourth-order valence-electron chi connectivity index (χ4n) is 1.69. The van der Waals surface area contributed by atoms with Gasteiger partial charge in [-0.15, -0.1) is 0 Å². The van der Waals surface area contributed by atoms with Crippen LogP contribution in [0.15, 0.2) is 48.5 Å². The Kier molecular flexibility index (Phi) is 3.60. The van der Waals surface area contributed by atoms with Crippen molar-refractivity contribution in [2.75, 3.05) is 17.6 Å². The zero-order chi connectivity index (χ0) is 12.1. The van der Waals surface area contributed by atoms with Crippen LogP contribution in [-0.4, -0.2) is 6.54 Å². The number of hydrogen-bond donors (Lipinski definition) is 2. The molecule has 0 fully saturated rings. The monoisotopic (exact) mass is 230 g/mol. The third-order valence-electron chi connectivity index (χ3n) is 2.63. The Bertz CT molecular complexity index is 452. The highest BCUT2D eigenvalue weighted by molar-refractivity contribution is 5.65. The van der Waals surface area contributed by atoms with Gasteiger partial charge in [0.15, 0.2) is 0 Å². The van der Waals surface area contributed by atoms with Gasteiger partial charge in [-0.05, 0) is 30.2 Å². The van der Waals surface area contributed by atoms with Crippen LogP contribution in [-0.2, 0) is 6.42 Å². The van der Waals surface area contributed by atoms with E-state index >= 15 is 0 Å². The van der Waals surface area contributed by atoms with E-state index < -0.39 is 0 Å². The van der Waals surface area contributed by atoms with E-state index in [2.05, 4.69) is 5.32 Å². The van der Waals surface area contributed by atoms with Crippen LogP contribution in [0.5, 0.6) is 0 Å². The molecular weight excluding hydrogens is 215 g/mol. The second kappa shape index (κ2) is 5.34. The van der Waals surface area contributed by atoms with Crippen molar-refractivity contribution in [3.63, 3.8) is 0 Å². The molecule has 2 aromatic carbocycles. The van der Waals surface area contributed by atoms with Gasteiger partial charge in [-0.2, -0.15) is 0 Å². The van der Waals surface area contributed by atoms with Crippen molar-refractivity contribution >= 4 is 11.4 Å². The van der Waals surface area contributed by atoms with Gasteiger partial charge >= 0.3 is 0 Å². The summed E-state index contributed by atoms with van der Waals surface area (Å²) in [6.45, 7) is 0.662. The molecule has 0 bridgehead atoms. The Labute approximate surface area is 100 Å². The maximum absolute atomic E-state index is 13.3. The number of para-hydroxylation sites is 2. The molecular formula is C14H15FN2. The molecule has 2 aromatic rings. The Morgan fingerprint density at radius 2 is 1.71 bits per heavy atom. The molecule has 3 heteroatoms. The predicted octanol–water partition coefficient (Wildman–Crippen LogP) is 3.06. The van der Waals surface area contributed by atoms with Crippen molar-refractivity contribution in [1.82, 2.24) is 0 Å². The number of nitrogens with one attached hydrogen (secondary N) is 1. The molecule has 2 nitrogen and oxygen atoms in total. The van der Waals surface area contributed by atoms with Crippen molar-refractivity contribution in [2.24, 2.45) is 0 Å². The van der Waals surface area contributed by atoms with Gasteiger partial charge in [0, 0.05) is 6.54 Å². The minimum Gasteiger partial charge on any atom is -0.397 e. The first kappa shape index (κ1) is 11.5. The van der Waals surface area contributed by atoms with E-state index in [4.69, 9.17) is 5.73 Å². The lowest BCUT2D eigenvalue weighted by atomic mass is 10.1. The molecule has 2 rings (SSSR count). The lowest BCUT2D eigenvalue weighted by molar-refractivity contribution is 0.610. The number of rotatable bonds is 4. The van der Waals surface area contributed by atoms with Crippen molar-refractivity contribution in [3.8, 4) is 0 Å². The van der Waals surface area contributed by atoms with Crippen molar-refractivity contribution < 1.29 is 4.39 Å². The molecule has 17 heavy (non-hydrogen) atoms. The molecule has 0 aliphatic carbocycles. The number of benzene rings is 2. The molecule has 0 saturated heterocycles. The van der Waals surface area contributed by atoms with Crippen LogP contribution in [0.4, 0.5) is 15.8 Å². The Hall–Kier alpha value is -2.03. The smallest absolute Gasteiger partial charge is 0.126 e. The van der Waals surface area contributed by atoms with E-state index in [0.717, 1.165) is 11.3 Å². The number of nitrogens with two attached hydrogens (primary N) is 1. The zero-order valence-electron chi connectivity index (χ0n) is 9.49. The first-order valence-corrected chi connectivity index (χ1v) is 5.59. The number of halogens is 1. The van der Waals surface area contributed by atoms with E-state index in [1.165, 1.54) is 6.07 Å². The highest BCUT2D eigenvalue weighted by atomic mass is 19.1. The Balaban J connectivity index is 1.93. The predicted molar refractivity (Wildman–Crippen MR) is 69.4 cm³/mol. The van der Waals surface area contributed by atoms with Crippen LogP contribution in [0.25, 0.3) is 0 Å². The topological polar surface area (TPSA) is 38.0 Å². The normalized spacial score (nSPS) is 10.2. The van der Waals surface area contributed by atoms with Crippen LogP contribution in [0.3, 0.4) is 0 Å². The maximum atomic E-state index is 13.3. The van der Waals surface area contributed by atoms with Crippen LogP contribution in [0.1, 0.15) is 5.56 Å². The third kappa shape index (κ3) is 2.97. The summed E-state index contributed by atoms with van der Waals surface area (Å²) in [5, 5.41) is 3.20. The summed E-state index contributed by atoms with van der Waals surface area (Å²) < 4.78 is 13.3. The fraction of sp³-hybridized carbons (Fsp3) is 0.143. The van der Waals surface area contributed by atoms with E-state index in [1.54, 1.807) is 12.1 Å². The van der Waals surface area contributed by atoms with Gasteiger partial charge in [0.2, 0.25) is 0 Å². The highest BCUT2D eigenvalue weighted by Gasteiger charge is 2.01. The Morgan fingerprint density at radius 3 is 2.47 bits per heavy atom. The summed E-state index contributed by atoms with van der Waals surface area (Å²) in [6.07, 6.45) is 0.640. The minimum absolute atomic E-state index is 0.157. The number of anilines is 2. The Morgan fingerprint density at radius 1 is 1.00 bits per heavy atom. The maximum Gasteiger partial charge on any atom is 0.126 e. The molecule has 0 atom stereocenters. The number of nitrogen functional groups attached to an aromatic ring is 1. The standard InChI is InChI=1S/C14H15FN2/c15-12-6-2-1-5-11(12)9-10-17-14-8-4-3-7-13(14)16/h1-8,17H,9-10,16H2. The summed E-state index contributed by atoms with van der Waals surface area (Å²) in [5.74, 6) is -0.157. The van der Waals surface area contributed by atoms with Crippen LogP contribution in [0.2, 0.25) is 0 Å². The van der Waals surface area contributed by atoms with Crippen LogP contribution < -0.4 is 11.1 Å². The summed E-state index contributed by atoms with van der Waals surface area (Å²) in [5.41, 5.74) is 8.11. The minimum atomic E-state index is -0.157. The van der Waals surface area contributed by atoms with Crippen LogP contribution >= 0.6 is 0 Å². The molecule has 0 spiro atoms. The summed E-state index contributed by atoms with van der Waals surface area (Å²) in [6, 6.07) is 14.4. The molecule has 0 radical (unpaired) electrons. The van der Waals surface area contributed by atoms with Gasteiger partial charge in [0.1, 0.15) is 5.82 Å². The van der Waals surface area contributed by atoms with Gasteiger partial charge in [-0.3, -0.25) is 0 Å². The quantitative estimate of drug-likeness (QED) is 0.792. The molecule has 0 saturated carbocycles. The van der Waals surface area contributed by atoms with Crippen molar-refractivity contribution in [1.29, 1.82) is 0 Å². The molecule has 0 aromatic heterocycles. The summed E-state index contributed by atoms with van der Waals surface area (Å²) >= 11 is 0. The fourth-order valence-corrected chi connectivity index (χ4v) is 1.69. The second-order valence-electron chi connectivity index (χ2n) is 3.86. The SMILES string of the molecule is Nc1ccccc1NCCc1ccccc1F. The first-order chi connectivity index (χ1) is 8.27. The number of hydrogen-bond acceptors (Lipinski definition) is 2. The van der Waals surface area contributed by atoms with Gasteiger partial charge in [-0.25, -0.2) is 4.39 Å². The molecule has 0 unspecified atom stereocenters. The van der Waals surface area contributed by atoms with Gasteiger partial charge < -0.3 is 11.1 Å². The van der Waals surface area contributed by atoms with Gasteiger partial charge in [0.25, 0.3) is 0 Å². The molecule has 0 aliphatic rings. The lowest BCUT2D eigenvalue weighted by Crippen LogP contribution is -2.07. The average molecular weight is 230 g/mol. The van der Waals surface area contributed by atoms with Crippen molar-refractivity contribution in [2.45, 2.75) is 6.42 Å². The van der Waals surface area contributed by atoms with E-state index in [0.29, 0.717) is 18.7 Å². The van der Waals surface area contributed by atoms with Gasteiger partial charge in [0.05, 0.1) is 11.4 Å². The lowest BCUT2D eigenvalue weighted by Gasteiger charge is -2.09. The van der Waals surface area contributed by atoms with Gasteiger partial charge in [-0.1, -0.05) is 30.3 Å². The average Bonchev–Trinajstić information content (AvgIpc) is 2.34. The molecule has 0 aliphatic heterocycles. The summed E-state index contributed by atoms with van der Waals surface area (Å²) in [7, 11) is 0.